The van der Waals surface area contributed by atoms with Gasteiger partial charge in [0, 0.05) is 50.3 Å². The van der Waals surface area contributed by atoms with Crippen molar-refractivity contribution in [2.45, 2.75) is 38.8 Å². The molecule has 2 aliphatic rings. The average Bonchev–Trinajstić information content (AvgIpc) is 3.11. The summed E-state index contributed by atoms with van der Waals surface area (Å²) in [6.45, 7) is 7.99. The molecule has 2 aromatic rings. The minimum absolute atomic E-state index is 0.176. The third kappa shape index (κ3) is 5.18. The Labute approximate surface area is 185 Å². The lowest BCUT2D eigenvalue weighted by Crippen LogP contribution is -2.54. The Balaban J connectivity index is 1.30. The zero-order valence-electron chi connectivity index (χ0n) is 18.5. The topological polar surface area (TPSA) is 99.9 Å². The number of anilines is 1. The molecule has 2 aliphatic heterocycles. The quantitative estimate of drug-likeness (QED) is 0.751. The van der Waals surface area contributed by atoms with Crippen LogP contribution in [0.3, 0.4) is 0 Å². The molecule has 2 N–H and O–H groups in total. The number of ether oxygens (including phenoxy) is 1. The van der Waals surface area contributed by atoms with E-state index in [1.54, 1.807) is 24.0 Å². The van der Waals surface area contributed by atoms with Crippen LogP contribution < -0.4 is 15.4 Å². The molecule has 0 spiro atoms. The van der Waals surface area contributed by atoms with Gasteiger partial charge in [0.2, 0.25) is 5.91 Å². The summed E-state index contributed by atoms with van der Waals surface area (Å²) in [6.07, 6.45) is 0.582. The molecule has 10 heteroatoms. The number of hydrogen-bond acceptors (Lipinski definition) is 6. The minimum atomic E-state index is -0.521. The molecular formula is C22H28FN5O4. The van der Waals surface area contributed by atoms with E-state index in [2.05, 4.69) is 15.8 Å². The largest absolute Gasteiger partial charge is 0.487 e. The van der Waals surface area contributed by atoms with E-state index in [0.29, 0.717) is 49.9 Å². The zero-order chi connectivity index (χ0) is 22.9. The SMILES string of the molecule is Cc1cc(NC(=O)CN2CCN(C(=O)NC3CC(C)(C)Oc4cc(F)ccc43)CC2)no1. The van der Waals surface area contributed by atoms with Crippen molar-refractivity contribution in [2.75, 3.05) is 38.0 Å². The van der Waals surface area contributed by atoms with Crippen LogP contribution in [0.1, 0.15) is 37.6 Å². The lowest BCUT2D eigenvalue weighted by Gasteiger charge is -2.39. The highest BCUT2D eigenvalue weighted by atomic mass is 19.1. The molecule has 4 rings (SSSR count). The maximum absolute atomic E-state index is 13.7. The molecule has 0 radical (unpaired) electrons. The highest BCUT2D eigenvalue weighted by Crippen LogP contribution is 2.39. The van der Waals surface area contributed by atoms with E-state index in [1.807, 2.05) is 18.7 Å². The molecule has 172 valence electrons. The van der Waals surface area contributed by atoms with Crippen molar-refractivity contribution in [1.82, 2.24) is 20.3 Å². The van der Waals surface area contributed by atoms with Gasteiger partial charge in [-0.2, -0.15) is 0 Å². The lowest BCUT2D eigenvalue weighted by atomic mass is 9.89. The summed E-state index contributed by atoms with van der Waals surface area (Å²) >= 11 is 0. The Morgan fingerprint density at radius 3 is 2.66 bits per heavy atom. The number of fused-ring (bicyclic) bond motifs is 1. The van der Waals surface area contributed by atoms with Gasteiger partial charge in [0.1, 0.15) is 22.9 Å². The van der Waals surface area contributed by atoms with Crippen LogP contribution in [0.25, 0.3) is 0 Å². The number of benzene rings is 1. The van der Waals surface area contributed by atoms with Crippen LogP contribution in [0.2, 0.25) is 0 Å². The molecule has 1 fully saturated rings. The van der Waals surface area contributed by atoms with Crippen molar-refractivity contribution in [3.8, 4) is 5.75 Å². The van der Waals surface area contributed by atoms with Crippen molar-refractivity contribution in [1.29, 1.82) is 0 Å². The standard InChI is InChI=1S/C22H28FN5O4/c1-14-10-19(26-32-14)25-20(29)13-27-6-8-28(9-7-27)21(30)24-17-12-22(2,3)31-18-11-15(23)4-5-16(17)18/h4-5,10-11,17H,6-9,12-13H2,1-3H3,(H,24,30)(H,25,26,29). The molecule has 1 aromatic carbocycles. The van der Waals surface area contributed by atoms with E-state index in [4.69, 9.17) is 9.26 Å². The van der Waals surface area contributed by atoms with Gasteiger partial charge in [-0.25, -0.2) is 9.18 Å². The number of aromatic nitrogens is 1. The third-order valence-corrected chi connectivity index (χ3v) is 5.65. The van der Waals surface area contributed by atoms with Crippen molar-refractivity contribution in [3.05, 3.63) is 41.4 Å². The first-order chi connectivity index (χ1) is 15.2. The summed E-state index contributed by atoms with van der Waals surface area (Å²) in [4.78, 5) is 28.8. The van der Waals surface area contributed by atoms with Crippen molar-refractivity contribution in [3.63, 3.8) is 0 Å². The second-order valence-electron chi connectivity index (χ2n) is 8.88. The molecule has 1 atom stereocenters. The zero-order valence-corrected chi connectivity index (χ0v) is 18.5. The van der Waals surface area contributed by atoms with Crippen molar-refractivity contribution in [2.24, 2.45) is 0 Å². The molecule has 0 bridgehead atoms. The smallest absolute Gasteiger partial charge is 0.317 e. The summed E-state index contributed by atoms with van der Waals surface area (Å²) in [7, 11) is 0. The van der Waals surface area contributed by atoms with Crippen molar-refractivity contribution < 1.29 is 23.2 Å². The normalized spacial score (nSPS) is 20.2. The fourth-order valence-corrected chi connectivity index (χ4v) is 4.11. The lowest BCUT2D eigenvalue weighted by molar-refractivity contribution is -0.117. The summed E-state index contributed by atoms with van der Waals surface area (Å²) in [5.74, 6) is 0.935. The molecule has 0 aliphatic carbocycles. The second-order valence-corrected chi connectivity index (χ2v) is 8.88. The number of amides is 3. The van der Waals surface area contributed by atoms with E-state index in [1.165, 1.54) is 12.1 Å². The Morgan fingerprint density at radius 1 is 1.22 bits per heavy atom. The van der Waals surface area contributed by atoms with E-state index < -0.39 is 5.60 Å². The van der Waals surface area contributed by atoms with Crippen LogP contribution in [-0.2, 0) is 4.79 Å². The molecule has 1 unspecified atom stereocenters. The summed E-state index contributed by atoms with van der Waals surface area (Å²) < 4.78 is 24.5. The Kier molecular flexibility index (Phi) is 6.05. The molecule has 9 nitrogen and oxygen atoms in total. The highest BCUT2D eigenvalue weighted by Gasteiger charge is 2.36. The number of halogens is 1. The van der Waals surface area contributed by atoms with Crippen molar-refractivity contribution >= 4 is 17.8 Å². The maximum atomic E-state index is 13.7. The van der Waals surface area contributed by atoms with Gasteiger partial charge in [0.05, 0.1) is 12.6 Å². The summed E-state index contributed by atoms with van der Waals surface area (Å²) in [6, 6.07) is 5.62. The number of hydrogen-bond donors (Lipinski definition) is 2. The first-order valence-electron chi connectivity index (χ1n) is 10.7. The first-order valence-corrected chi connectivity index (χ1v) is 10.7. The van der Waals surface area contributed by atoms with Gasteiger partial charge < -0.3 is 24.8 Å². The van der Waals surface area contributed by atoms with E-state index in [-0.39, 0.29) is 30.3 Å². The molecule has 0 saturated carbocycles. The number of carbonyl (C=O) groups excluding carboxylic acids is 2. The second kappa shape index (κ2) is 8.78. The third-order valence-electron chi connectivity index (χ3n) is 5.65. The van der Waals surface area contributed by atoms with Gasteiger partial charge in [-0.3, -0.25) is 9.69 Å². The average molecular weight is 445 g/mol. The van der Waals surface area contributed by atoms with Gasteiger partial charge in [0.15, 0.2) is 5.82 Å². The predicted octanol–water partition coefficient (Wildman–Crippen LogP) is 2.69. The van der Waals surface area contributed by atoms with E-state index in [9.17, 15) is 14.0 Å². The van der Waals surface area contributed by atoms with Gasteiger partial charge in [-0.15, -0.1) is 0 Å². The molecule has 1 saturated heterocycles. The Morgan fingerprint density at radius 2 is 1.97 bits per heavy atom. The number of rotatable bonds is 4. The van der Waals surface area contributed by atoms with Crippen LogP contribution in [0, 0.1) is 12.7 Å². The first kappa shape index (κ1) is 22.1. The Bertz CT molecular complexity index is 1000. The maximum Gasteiger partial charge on any atom is 0.317 e. The fourth-order valence-electron chi connectivity index (χ4n) is 4.11. The summed E-state index contributed by atoms with van der Waals surface area (Å²) in [5, 5.41) is 9.54. The number of carbonyl (C=O) groups is 2. The minimum Gasteiger partial charge on any atom is -0.487 e. The van der Waals surface area contributed by atoms with E-state index >= 15 is 0 Å². The monoisotopic (exact) mass is 445 g/mol. The van der Waals surface area contributed by atoms with Crippen LogP contribution >= 0.6 is 0 Å². The van der Waals surface area contributed by atoms with E-state index in [0.717, 1.165) is 5.56 Å². The fraction of sp³-hybridized carbons (Fsp3) is 0.500. The number of piperazine rings is 1. The van der Waals surface area contributed by atoms with Gasteiger partial charge >= 0.3 is 6.03 Å². The summed E-state index contributed by atoms with van der Waals surface area (Å²) in [5.41, 5.74) is 0.255. The molecule has 32 heavy (non-hydrogen) atoms. The molecule has 1 aromatic heterocycles. The Hall–Kier alpha value is -3.14. The van der Waals surface area contributed by atoms with Crippen LogP contribution in [0.5, 0.6) is 5.75 Å². The van der Waals surface area contributed by atoms with Crippen LogP contribution in [0.15, 0.2) is 28.8 Å². The van der Waals surface area contributed by atoms with Gasteiger partial charge in [0.25, 0.3) is 0 Å². The molecule has 3 heterocycles. The number of nitrogens with one attached hydrogen (secondary N) is 2. The predicted molar refractivity (Wildman–Crippen MR) is 115 cm³/mol. The van der Waals surface area contributed by atoms with Crippen LogP contribution in [0.4, 0.5) is 15.0 Å². The number of urea groups is 1. The number of aryl methyl sites for hydroxylation is 1. The number of nitrogens with zero attached hydrogens (tertiary/aromatic N) is 3. The van der Waals surface area contributed by atoms with Crippen LogP contribution in [-0.4, -0.2) is 65.2 Å². The van der Waals surface area contributed by atoms with Gasteiger partial charge in [-0.05, 0) is 26.8 Å². The van der Waals surface area contributed by atoms with Gasteiger partial charge in [-0.1, -0.05) is 11.2 Å². The molecule has 3 amide bonds. The highest BCUT2D eigenvalue weighted by molar-refractivity contribution is 5.91. The molecular weight excluding hydrogens is 417 g/mol.